The Kier molecular flexibility index (Phi) is 4.52. The molecule has 0 bridgehead atoms. The van der Waals surface area contributed by atoms with Crippen LogP contribution in [-0.4, -0.2) is 41.8 Å². The van der Waals surface area contributed by atoms with Gasteiger partial charge >= 0.3 is 0 Å². The number of hydrogen-bond acceptors (Lipinski definition) is 3. The zero-order valence-electron chi connectivity index (χ0n) is 13.3. The maximum Gasteiger partial charge on any atom is 0.228 e. The van der Waals surface area contributed by atoms with E-state index in [0.717, 1.165) is 30.8 Å². The van der Waals surface area contributed by atoms with Crippen LogP contribution in [0.4, 0.5) is 0 Å². The standard InChI is InChI=1S/C17H24N2O2S/c1-12-7-9-19(10-8-12)17(21)13-5-6-15(20)18(2)16(13)14-4-3-11-22-14/h3-4,11-13,16H,5-10H2,1-2H3/t13-,16-/m1/s1. The molecular formula is C17H24N2O2S. The molecule has 2 atom stereocenters. The predicted octanol–water partition coefficient (Wildman–Crippen LogP) is 2.92. The summed E-state index contributed by atoms with van der Waals surface area (Å²) in [5.41, 5.74) is 0. The topological polar surface area (TPSA) is 40.6 Å². The molecule has 4 nitrogen and oxygen atoms in total. The summed E-state index contributed by atoms with van der Waals surface area (Å²) in [5.74, 6) is 1.02. The van der Waals surface area contributed by atoms with Crippen molar-refractivity contribution < 1.29 is 9.59 Å². The van der Waals surface area contributed by atoms with Gasteiger partial charge in [-0.05, 0) is 36.6 Å². The van der Waals surface area contributed by atoms with Gasteiger partial charge in [-0.1, -0.05) is 13.0 Å². The van der Waals surface area contributed by atoms with Gasteiger partial charge in [0.05, 0.1) is 12.0 Å². The molecule has 2 aliphatic heterocycles. The molecule has 3 heterocycles. The third kappa shape index (κ3) is 2.91. The molecule has 0 aliphatic carbocycles. The summed E-state index contributed by atoms with van der Waals surface area (Å²) in [5, 5.41) is 2.02. The number of thiophene rings is 1. The Balaban J connectivity index is 1.80. The molecule has 1 aromatic rings. The molecule has 0 N–H and O–H groups in total. The van der Waals surface area contributed by atoms with Gasteiger partial charge in [0, 0.05) is 31.4 Å². The van der Waals surface area contributed by atoms with Crippen LogP contribution in [0, 0.1) is 11.8 Å². The number of likely N-dealkylation sites (tertiary alicyclic amines) is 2. The summed E-state index contributed by atoms with van der Waals surface area (Å²) in [6, 6.07) is 3.95. The van der Waals surface area contributed by atoms with Crippen LogP contribution in [0.15, 0.2) is 17.5 Å². The minimum Gasteiger partial charge on any atom is -0.342 e. The number of hydrogen-bond donors (Lipinski definition) is 0. The lowest BCUT2D eigenvalue weighted by atomic mass is 9.86. The number of carbonyl (C=O) groups is 2. The van der Waals surface area contributed by atoms with Crippen molar-refractivity contribution in [3.05, 3.63) is 22.4 Å². The monoisotopic (exact) mass is 320 g/mol. The first kappa shape index (κ1) is 15.5. The Morgan fingerprint density at radius 2 is 2.00 bits per heavy atom. The van der Waals surface area contributed by atoms with Gasteiger partial charge in [0.2, 0.25) is 11.8 Å². The van der Waals surface area contributed by atoms with Gasteiger partial charge in [-0.25, -0.2) is 0 Å². The van der Waals surface area contributed by atoms with E-state index in [-0.39, 0.29) is 23.8 Å². The minimum atomic E-state index is -0.0897. The van der Waals surface area contributed by atoms with E-state index in [2.05, 4.69) is 6.92 Å². The number of carbonyl (C=O) groups excluding carboxylic acids is 2. The van der Waals surface area contributed by atoms with Gasteiger partial charge in [0.25, 0.3) is 0 Å². The Morgan fingerprint density at radius 1 is 1.27 bits per heavy atom. The van der Waals surface area contributed by atoms with Crippen molar-refractivity contribution >= 4 is 23.2 Å². The Labute approximate surface area is 136 Å². The van der Waals surface area contributed by atoms with E-state index < -0.39 is 0 Å². The van der Waals surface area contributed by atoms with Crippen LogP contribution >= 0.6 is 11.3 Å². The molecule has 22 heavy (non-hydrogen) atoms. The van der Waals surface area contributed by atoms with Gasteiger partial charge in [-0.2, -0.15) is 0 Å². The molecule has 0 saturated carbocycles. The summed E-state index contributed by atoms with van der Waals surface area (Å²) < 4.78 is 0. The van der Waals surface area contributed by atoms with Gasteiger partial charge in [-0.15, -0.1) is 11.3 Å². The fraction of sp³-hybridized carbons (Fsp3) is 0.647. The second kappa shape index (κ2) is 6.41. The fourth-order valence-electron chi connectivity index (χ4n) is 3.61. The van der Waals surface area contributed by atoms with Crippen LogP contribution in [0.3, 0.4) is 0 Å². The van der Waals surface area contributed by atoms with Gasteiger partial charge in [-0.3, -0.25) is 9.59 Å². The largest absolute Gasteiger partial charge is 0.342 e. The average molecular weight is 320 g/mol. The maximum absolute atomic E-state index is 13.0. The van der Waals surface area contributed by atoms with Crippen molar-refractivity contribution in [2.75, 3.05) is 20.1 Å². The fourth-order valence-corrected chi connectivity index (χ4v) is 4.54. The van der Waals surface area contributed by atoms with Crippen LogP contribution in [0.2, 0.25) is 0 Å². The minimum absolute atomic E-state index is 0.0882. The molecular weight excluding hydrogens is 296 g/mol. The summed E-state index contributed by atoms with van der Waals surface area (Å²) in [6.07, 6.45) is 3.35. The molecule has 0 spiro atoms. The Morgan fingerprint density at radius 3 is 2.64 bits per heavy atom. The van der Waals surface area contributed by atoms with Crippen LogP contribution in [0.25, 0.3) is 0 Å². The number of amides is 2. The van der Waals surface area contributed by atoms with Gasteiger partial charge in [0.15, 0.2) is 0 Å². The van der Waals surface area contributed by atoms with Gasteiger partial charge in [0.1, 0.15) is 0 Å². The molecule has 2 fully saturated rings. The van der Waals surface area contributed by atoms with Crippen molar-refractivity contribution in [1.29, 1.82) is 0 Å². The summed E-state index contributed by atoms with van der Waals surface area (Å²) >= 11 is 1.64. The second-order valence-electron chi connectivity index (χ2n) is 6.62. The Bertz CT molecular complexity index is 535. The van der Waals surface area contributed by atoms with Crippen molar-refractivity contribution in [2.24, 2.45) is 11.8 Å². The molecule has 5 heteroatoms. The first-order valence-electron chi connectivity index (χ1n) is 8.15. The Hall–Kier alpha value is -1.36. The van der Waals surface area contributed by atoms with Crippen LogP contribution < -0.4 is 0 Å². The molecule has 3 rings (SSSR count). The smallest absolute Gasteiger partial charge is 0.228 e. The molecule has 2 amide bonds. The van der Waals surface area contributed by atoms with E-state index in [0.29, 0.717) is 18.8 Å². The third-order valence-electron chi connectivity index (χ3n) is 5.11. The summed E-state index contributed by atoms with van der Waals surface area (Å²) in [6.45, 7) is 3.99. The second-order valence-corrected chi connectivity index (χ2v) is 7.60. The number of rotatable bonds is 2. The lowest BCUT2D eigenvalue weighted by Crippen LogP contribution is -2.49. The van der Waals surface area contributed by atoms with E-state index in [1.54, 1.807) is 16.2 Å². The highest BCUT2D eigenvalue weighted by molar-refractivity contribution is 7.10. The van der Waals surface area contributed by atoms with E-state index in [1.807, 2.05) is 29.5 Å². The lowest BCUT2D eigenvalue weighted by molar-refractivity contribution is -0.147. The molecule has 0 unspecified atom stereocenters. The third-order valence-corrected chi connectivity index (χ3v) is 6.05. The molecule has 1 aromatic heterocycles. The molecule has 0 aromatic carbocycles. The van der Waals surface area contributed by atoms with E-state index in [1.165, 1.54) is 0 Å². The summed E-state index contributed by atoms with van der Waals surface area (Å²) in [4.78, 5) is 30.0. The highest BCUT2D eigenvalue weighted by Gasteiger charge is 2.41. The highest BCUT2D eigenvalue weighted by atomic mass is 32.1. The zero-order valence-corrected chi connectivity index (χ0v) is 14.1. The summed E-state index contributed by atoms with van der Waals surface area (Å²) in [7, 11) is 1.84. The molecule has 2 saturated heterocycles. The van der Waals surface area contributed by atoms with Crippen molar-refractivity contribution in [3.8, 4) is 0 Å². The number of piperidine rings is 2. The zero-order chi connectivity index (χ0) is 15.7. The van der Waals surface area contributed by atoms with E-state index in [4.69, 9.17) is 0 Å². The molecule has 120 valence electrons. The van der Waals surface area contributed by atoms with Crippen LogP contribution in [-0.2, 0) is 9.59 Å². The van der Waals surface area contributed by atoms with Crippen LogP contribution in [0.5, 0.6) is 0 Å². The maximum atomic E-state index is 13.0. The van der Waals surface area contributed by atoms with E-state index in [9.17, 15) is 9.59 Å². The van der Waals surface area contributed by atoms with Gasteiger partial charge < -0.3 is 9.80 Å². The highest BCUT2D eigenvalue weighted by Crippen LogP contribution is 2.39. The van der Waals surface area contributed by atoms with Crippen molar-refractivity contribution in [1.82, 2.24) is 9.80 Å². The SMILES string of the molecule is CC1CCN(C(=O)[C@@H]2CCC(=O)N(C)[C@H]2c2cccs2)CC1. The van der Waals surface area contributed by atoms with E-state index >= 15 is 0 Å². The molecule has 0 radical (unpaired) electrons. The molecule has 2 aliphatic rings. The first-order valence-corrected chi connectivity index (χ1v) is 9.03. The van der Waals surface area contributed by atoms with Crippen molar-refractivity contribution in [2.45, 2.75) is 38.6 Å². The average Bonchev–Trinajstić information content (AvgIpc) is 3.04. The van der Waals surface area contributed by atoms with Crippen LogP contribution in [0.1, 0.15) is 43.5 Å². The first-order chi connectivity index (χ1) is 10.6. The quantitative estimate of drug-likeness (QED) is 0.840. The lowest BCUT2D eigenvalue weighted by Gasteiger charge is -2.41. The number of nitrogens with zero attached hydrogens (tertiary/aromatic N) is 2. The predicted molar refractivity (Wildman–Crippen MR) is 87.5 cm³/mol. The normalized spacial score (nSPS) is 27.3. The van der Waals surface area contributed by atoms with Crippen molar-refractivity contribution in [3.63, 3.8) is 0 Å².